The quantitative estimate of drug-likeness (QED) is 0.691. The highest BCUT2D eigenvalue weighted by Crippen LogP contribution is 2.20. The number of fused-ring (bicyclic) bond motifs is 1. The number of aryl methyl sites for hydroxylation is 2. The molecule has 0 spiro atoms. The average Bonchev–Trinajstić information content (AvgIpc) is 3.08. The van der Waals surface area contributed by atoms with Gasteiger partial charge in [-0.1, -0.05) is 6.92 Å². The predicted molar refractivity (Wildman–Crippen MR) is 77.7 cm³/mol. The minimum atomic E-state index is -0.408. The molecule has 0 atom stereocenters. The summed E-state index contributed by atoms with van der Waals surface area (Å²) in [6.45, 7) is 4.33. The van der Waals surface area contributed by atoms with Gasteiger partial charge in [0.1, 0.15) is 5.76 Å². The second-order valence-corrected chi connectivity index (χ2v) is 4.73. The Morgan fingerprint density at radius 2 is 2.05 bits per heavy atom. The zero-order valence-electron chi connectivity index (χ0n) is 11.9. The molecule has 1 aromatic carbocycles. The lowest BCUT2D eigenvalue weighted by Crippen LogP contribution is -2.11. The van der Waals surface area contributed by atoms with E-state index in [4.69, 9.17) is 8.83 Å². The molecule has 0 radical (unpaired) electrons. The van der Waals surface area contributed by atoms with Gasteiger partial charge in [-0.05, 0) is 31.2 Å². The van der Waals surface area contributed by atoms with Gasteiger partial charge in [0.2, 0.25) is 0 Å². The summed E-state index contributed by atoms with van der Waals surface area (Å²) in [5.74, 6) is 0.122. The zero-order valence-corrected chi connectivity index (χ0v) is 11.9. The first-order chi connectivity index (χ1) is 10.2. The molecule has 0 saturated heterocycles. The molecule has 0 aliphatic heterocycles. The summed E-state index contributed by atoms with van der Waals surface area (Å²) in [7, 11) is 0. The Labute approximate surface area is 120 Å². The van der Waals surface area contributed by atoms with Crippen molar-refractivity contribution in [3.63, 3.8) is 0 Å². The molecular weight excluding hydrogens is 270 g/mol. The molecule has 0 fully saturated rings. The number of ketones is 1. The van der Waals surface area contributed by atoms with Gasteiger partial charge < -0.3 is 8.83 Å². The molecule has 3 aromatic rings. The van der Waals surface area contributed by atoms with E-state index in [0.717, 1.165) is 0 Å². The summed E-state index contributed by atoms with van der Waals surface area (Å²) < 4.78 is 12.0. The van der Waals surface area contributed by atoms with Crippen molar-refractivity contribution >= 4 is 16.9 Å². The number of nitrogens with zero attached hydrogens (tertiary/aromatic N) is 1. The van der Waals surface area contributed by atoms with Crippen molar-refractivity contribution in [2.45, 2.75) is 26.8 Å². The van der Waals surface area contributed by atoms with E-state index >= 15 is 0 Å². The molecule has 2 heterocycles. The molecule has 0 amide bonds. The van der Waals surface area contributed by atoms with Crippen LogP contribution in [0.5, 0.6) is 0 Å². The summed E-state index contributed by atoms with van der Waals surface area (Å²) >= 11 is 0. The Hall–Kier alpha value is -2.56. The zero-order chi connectivity index (χ0) is 15.0. The van der Waals surface area contributed by atoms with Crippen LogP contribution in [0.15, 0.2) is 44.2 Å². The number of carbonyl (C=O) groups excluding carboxylic acids is 1. The van der Waals surface area contributed by atoms with E-state index in [1.165, 1.54) is 10.8 Å². The summed E-state index contributed by atoms with van der Waals surface area (Å²) in [6, 6.07) is 6.72. The first-order valence-electron chi connectivity index (χ1n) is 6.90. The van der Waals surface area contributed by atoms with Crippen LogP contribution < -0.4 is 5.76 Å². The lowest BCUT2D eigenvalue weighted by molar-refractivity contribution is 0.103. The molecule has 0 saturated carbocycles. The highest BCUT2D eigenvalue weighted by atomic mass is 16.4. The van der Waals surface area contributed by atoms with Crippen molar-refractivity contribution < 1.29 is 13.6 Å². The lowest BCUT2D eigenvalue weighted by atomic mass is 10.0. The maximum absolute atomic E-state index is 12.5. The van der Waals surface area contributed by atoms with Gasteiger partial charge in [0, 0.05) is 18.5 Å². The normalized spacial score (nSPS) is 11.1. The number of hydrogen-bond donors (Lipinski definition) is 0. The van der Waals surface area contributed by atoms with Gasteiger partial charge in [0.15, 0.2) is 11.4 Å². The Morgan fingerprint density at radius 1 is 1.24 bits per heavy atom. The molecule has 3 rings (SSSR count). The molecule has 0 unspecified atom stereocenters. The van der Waals surface area contributed by atoms with Gasteiger partial charge >= 0.3 is 5.76 Å². The van der Waals surface area contributed by atoms with Crippen molar-refractivity contribution in [2.75, 3.05) is 0 Å². The molecule has 21 heavy (non-hydrogen) atoms. The minimum absolute atomic E-state index is 0.130. The summed E-state index contributed by atoms with van der Waals surface area (Å²) in [5.41, 5.74) is 2.15. The molecule has 5 heteroatoms. The molecular formula is C16H15NO4. The van der Waals surface area contributed by atoms with E-state index in [9.17, 15) is 9.59 Å². The van der Waals surface area contributed by atoms with E-state index < -0.39 is 5.76 Å². The highest BCUT2D eigenvalue weighted by Gasteiger charge is 2.17. The van der Waals surface area contributed by atoms with E-state index in [1.54, 1.807) is 24.3 Å². The van der Waals surface area contributed by atoms with Crippen LogP contribution in [0, 0.1) is 0 Å². The highest BCUT2D eigenvalue weighted by molar-refractivity contribution is 6.10. The van der Waals surface area contributed by atoms with Crippen LogP contribution in [0.2, 0.25) is 0 Å². The van der Waals surface area contributed by atoms with Gasteiger partial charge in [0.25, 0.3) is 0 Å². The Morgan fingerprint density at radius 3 is 2.76 bits per heavy atom. The summed E-state index contributed by atoms with van der Waals surface area (Å²) in [6.07, 6.45) is 2.16. The van der Waals surface area contributed by atoms with Crippen molar-refractivity contribution in [2.24, 2.45) is 0 Å². The number of carbonyl (C=O) groups is 1. The molecule has 0 aliphatic carbocycles. The van der Waals surface area contributed by atoms with Crippen LogP contribution in [0.4, 0.5) is 0 Å². The van der Waals surface area contributed by atoms with Crippen molar-refractivity contribution in [1.82, 2.24) is 4.57 Å². The fourth-order valence-electron chi connectivity index (χ4n) is 2.48. The third-order valence-electron chi connectivity index (χ3n) is 3.56. The first kappa shape index (κ1) is 13.4. The van der Waals surface area contributed by atoms with Gasteiger partial charge in [0.05, 0.1) is 17.3 Å². The maximum Gasteiger partial charge on any atom is 0.419 e. The van der Waals surface area contributed by atoms with Crippen LogP contribution >= 0.6 is 0 Å². The van der Waals surface area contributed by atoms with Crippen LogP contribution in [-0.4, -0.2) is 10.4 Å². The van der Waals surface area contributed by atoms with Gasteiger partial charge in [-0.3, -0.25) is 9.36 Å². The number of rotatable bonds is 4. The predicted octanol–water partition coefficient (Wildman–Crippen LogP) is 3.00. The average molecular weight is 285 g/mol. The maximum atomic E-state index is 12.5. The summed E-state index contributed by atoms with van der Waals surface area (Å²) in [4.78, 5) is 24.2. The Balaban J connectivity index is 2.09. The SMILES string of the molecule is CCc1occc1C(=O)c1ccc2c(c1)oc(=O)n2CC. The van der Waals surface area contributed by atoms with E-state index in [1.807, 2.05) is 13.8 Å². The molecule has 0 aliphatic rings. The Kier molecular flexibility index (Phi) is 3.25. The second-order valence-electron chi connectivity index (χ2n) is 4.73. The van der Waals surface area contributed by atoms with E-state index in [2.05, 4.69) is 0 Å². The van der Waals surface area contributed by atoms with Gasteiger partial charge in [-0.2, -0.15) is 0 Å². The monoisotopic (exact) mass is 285 g/mol. The third-order valence-corrected chi connectivity index (χ3v) is 3.56. The molecule has 2 aromatic heterocycles. The van der Waals surface area contributed by atoms with Crippen LogP contribution in [-0.2, 0) is 13.0 Å². The lowest BCUT2D eigenvalue weighted by Gasteiger charge is -2.01. The topological polar surface area (TPSA) is 65.3 Å². The third kappa shape index (κ3) is 2.11. The van der Waals surface area contributed by atoms with Crippen LogP contribution in [0.25, 0.3) is 11.1 Å². The number of hydrogen-bond acceptors (Lipinski definition) is 4. The largest absolute Gasteiger partial charge is 0.469 e. The summed E-state index contributed by atoms with van der Waals surface area (Å²) in [5, 5.41) is 0. The van der Waals surface area contributed by atoms with Gasteiger partial charge in [-0.25, -0.2) is 4.79 Å². The smallest absolute Gasteiger partial charge is 0.419 e. The first-order valence-corrected chi connectivity index (χ1v) is 6.90. The Bertz CT molecular complexity index is 866. The number of furan rings is 1. The molecule has 0 N–H and O–H groups in total. The van der Waals surface area contributed by atoms with Gasteiger partial charge in [-0.15, -0.1) is 0 Å². The molecule has 0 bridgehead atoms. The number of aromatic nitrogens is 1. The van der Waals surface area contributed by atoms with Crippen molar-refractivity contribution in [1.29, 1.82) is 0 Å². The fraction of sp³-hybridized carbons (Fsp3) is 0.250. The number of benzene rings is 1. The molecule has 108 valence electrons. The fourth-order valence-corrected chi connectivity index (χ4v) is 2.48. The van der Waals surface area contributed by atoms with Crippen molar-refractivity contribution in [3.05, 3.63) is 58.0 Å². The molecule has 5 nitrogen and oxygen atoms in total. The second kappa shape index (κ2) is 5.09. The standard InChI is InChI=1S/C16H15NO4/c1-3-13-11(7-8-20-13)15(18)10-5-6-12-14(9-10)21-16(19)17(12)4-2/h5-9H,3-4H2,1-2H3. The minimum Gasteiger partial charge on any atom is -0.469 e. The number of oxazole rings is 1. The van der Waals surface area contributed by atoms with Crippen LogP contribution in [0.1, 0.15) is 35.5 Å². The van der Waals surface area contributed by atoms with E-state index in [-0.39, 0.29) is 5.78 Å². The van der Waals surface area contributed by atoms with Crippen LogP contribution in [0.3, 0.4) is 0 Å². The van der Waals surface area contributed by atoms with Crippen molar-refractivity contribution in [3.8, 4) is 0 Å². The van der Waals surface area contributed by atoms with E-state index in [0.29, 0.717) is 41.0 Å².